The van der Waals surface area contributed by atoms with Crippen LogP contribution in [0.15, 0.2) is 66.0 Å². The Bertz CT molecular complexity index is 1140. The van der Waals surface area contributed by atoms with Crippen LogP contribution in [0.25, 0.3) is 0 Å². The number of rotatable bonds is 7. The van der Waals surface area contributed by atoms with Crippen molar-refractivity contribution in [2.75, 3.05) is 10.8 Å². The molecule has 0 radical (unpaired) electrons. The quantitative estimate of drug-likeness (QED) is 0.603. The fourth-order valence-corrected chi connectivity index (χ4v) is 4.45. The molecule has 1 amide bonds. The summed E-state index contributed by atoms with van der Waals surface area (Å²) in [5.74, 6) is -0.469. The predicted octanol–water partition coefficient (Wildman–Crippen LogP) is 3.26. The fraction of sp³-hybridized carbons (Fsp3) is 0.190. The Labute approximate surface area is 180 Å². The number of hydrogen-bond acceptors (Lipinski definition) is 5. The van der Waals surface area contributed by atoms with Crippen molar-refractivity contribution >= 4 is 33.2 Å². The Hall–Kier alpha value is -2.97. The standard InChI is InChI=1S/C21H21ClN4O3S/c1-15-6-8-18(9-7-15)30(28,29)26(20-5-3-4-19(22)16(20)2)13-21(27)24-12-17-10-11-23-14-25-17/h3-11,14H,12-13H2,1-2H3,(H,24,27). The largest absolute Gasteiger partial charge is 0.349 e. The first-order chi connectivity index (χ1) is 14.3. The average molecular weight is 445 g/mol. The highest BCUT2D eigenvalue weighted by Crippen LogP contribution is 2.30. The molecule has 9 heteroatoms. The maximum Gasteiger partial charge on any atom is 0.264 e. The molecule has 0 aliphatic heterocycles. The van der Waals surface area contributed by atoms with Gasteiger partial charge in [0.1, 0.15) is 12.9 Å². The van der Waals surface area contributed by atoms with Gasteiger partial charge in [0, 0.05) is 11.2 Å². The lowest BCUT2D eigenvalue weighted by molar-refractivity contribution is -0.119. The Kier molecular flexibility index (Phi) is 6.69. The SMILES string of the molecule is Cc1ccc(S(=O)(=O)N(CC(=O)NCc2ccncn2)c2cccc(Cl)c2C)cc1. The maximum atomic E-state index is 13.4. The van der Waals surface area contributed by atoms with Crippen LogP contribution in [0.1, 0.15) is 16.8 Å². The van der Waals surface area contributed by atoms with E-state index in [0.717, 1.165) is 9.87 Å². The molecule has 0 aliphatic rings. The first kappa shape index (κ1) is 21.7. The Balaban J connectivity index is 1.92. The molecule has 1 heterocycles. The molecule has 3 rings (SSSR count). The number of benzene rings is 2. The van der Waals surface area contributed by atoms with Gasteiger partial charge in [-0.1, -0.05) is 35.4 Å². The number of nitrogens with zero attached hydrogens (tertiary/aromatic N) is 3. The third-order valence-electron chi connectivity index (χ3n) is 4.51. The molecule has 30 heavy (non-hydrogen) atoms. The smallest absolute Gasteiger partial charge is 0.264 e. The van der Waals surface area contributed by atoms with E-state index < -0.39 is 22.5 Å². The molecule has 0 atom stereocenters. The van der Waals surface area contributed by atoms with E-state index in [9.17, 15) is 13.2 Å². The Morgan fingerprint density at radius 3 is 2.50 bits per heavy atom. The molecule has 0 aliphatic carbocycles. The van der Waals surface area contributed by atoms with Crippen molar-refractivity contribution in [2.24, 2.45) is 0 Å². The minimum Gasteiger partial charge on any atom is -0.349 e. The zero-order valence-electron chi connectivity index (χ0n) is 16.5. The molecule has 0 fully saturated rings. The van der Waals surface area contributed by atoms with Gasteiger partial charge in [0.25, 0.3) is 10.0 Å². The molecular weight excluding hydrogens is 424 g/mol. The van der Waals surface area contributed by atoms with Crippen molar-refractivity contribution in [3.05, 3.63) is 82.9 Å². The minimum absolute atomic E-state index is 0.0936. The number of sulfonamides is 1. The minimum atomic E-state index is -4.00. The molecule has 1 aromatic heterocycles. The molecule has 0 saturated heterocycles. The summed E-state index contributed by atoms with van der Waals surface area (Å²) in [5, 5.41) is 3.11. The van der Waals surface area contributed by atoms with Gasteiger partial charge in [-0.05, 0) is 49.7 Å². The highest BCUT2D eigenvalue weighted by atomic mass is 35.5. The van der Waals surface area contributed by atoms with E-state index in [1.54, 1.807) is 49.5 Å². The van der Waals surface area contributed by atoms with Crippen molar-refractivity contribution < 1.29 is 13.2 Å². The van der Waals surface area contributed by atoms with Crippen LogP contribution >= 0.6 is 11.6 Å². The fourth-order valence-electron chi connectivity index (χ4n) is 2.80. The summed E-state index contributed by atoms with van der Waals surface area (Å²) < 4.78 is 27.9. The van der Waals surface area contributed by atoms with E-state index in [0.29, 0.717) is 22.0 Å². The van der Waals surface area contributed by atoms with Crippen LogP contribution in [0.3, 0.4) is 0 Å². The number of hydrogen-bond donors (Lipinski definition) is 1. The van der Waals surface area contributed by atoms with Crippen LogP contribution in [0, 0.1) is 13.8 Å². The number of nitrogens with one attached hydrogen (secondary N) is 1. The van der Waals surface area contributed by atoms with E-state index in [1.165, 1.54) is 18.5 Å². The van der Waals surface area contributed by atoms with Gasteiger partial charge in [0.05, 0.1) is 22.8 Å². The highest BCUT2D eigenvalue weighted by molar-refractivity contribution is 7.92. The molecule has 0 bridgehead atoms. The average Bonchev–Trinajstić information content (AvgIpc) is 2.74. The lowest BCUT2D eigenvalue weighted by Gasteiger charge is -2.26. The second-order valence-corrected chi connectivity index (χ2v) is 8.96. The number of anilines is 1. The zero-order chi connectivity index (χ0) is 21.7. The third kappa shape index (κ3) is 4.95. The summed E-state index contributed by atoms with van der Waals surface area (Å²) in [4.78, 5) is 20.6. The lowest BCUT2D eigenvalue weighted by Crippen LogP contribution is -2.41. The number of carbonyl (C=O) groups is 1. The van der Waals surface area contributed by atoms with Crippen LogP contribution in [-0.4, -0.2) is 30.8 Å². The van der Waals surface area contributed by atoms with E-state index in [4.69, 9.17) is 11.6 Å². The van der Waals surface area contributed by atoms with Crippen LogP contribution in [0.4, 0.5) is 5.69 Å². The van der Waals surface area contributed by atoms with Gasteiger partial charge in [0.2, 0.25) is 5.91 Å². The molecule has 2 aromatic carbocycles. The molecule has 0 unspecified atom stereocenters. The molecular formula is C21H21ClN4O3S. The molecule has 1 N–H and O–H groups in total. The van der Waals surface area contributed by atoms with Crippen molar-refractivity contribution in [3.63, 3.8) is 0 Å². The first-order valence-corrected chi connectivity index (χ1v) is 11.0. The third-order valence-corrected chi connectivity index (χ3v) is 6.70. The van der Waals surface area contributed by atoms with Gasteiger partial charge in [-0.25, -0.2) is 18.4 Å². The van der Waals surface area contributed by atoms with Gasteiger partial charge in [-0.15, -0.1) is 0 Å². The highest BCUT2D eigenvalue weighted by Gasteiger charge is 2.28. The van der Waals surface area contributed by atoms with Crippen LogP contribution in [0.2, 0.25) is 5.02 Å². The zero-order valence-corrected chi connectivity index (χ0v) is 18.1. The number of amides is 1. The topological polar surface area (TPSA) is 92.3 Å². The molecule has 0 saturated carbocycles. The van der Waals surface area contributed by atoms with E-state index in [2.05, 4.69) is 15.3 Å². The van der Waals surface area contributed by atoms with Gasteiger partial charge in [0.15, 0.2) is 0 Å². The van der Waals surface area contributed by atoms with E-state index in [1.807, 2.05) is 6.92 Å². The van der Waals surface area contributed by atoms with E-state index >= 15 is 0 Å². The van der Waals surface area contributed by atoms with Gasteiger partial charge in [-0.2, -0.15) is 0 Å². The summed E-state index contributed by atoms with van der Waals surface area (Å²) in [5.41, 5.74) is 2.46. The Morgan fingerprint density at radius 1 is 1.10 bits per heavy atom. The molecule has 3 aromatic rings. The molecule has 0 spiro atoms. The van der Waals surface area contributed by atoms with Gasteiger partial charge < -0.3 is 5.32 Å². The summed E-state index contributed by atoms with van der Waals surface area (Å²) in [6.45, 7) is 3.35. The van der Waals surface area contributed by atoms with E-state index in [-0.39, 0.29) is 11.4 Å². The van der Waals surface area contributed by atoms with Crippen LogP contribution < -0.4 is 9.62 Å². The van der Waals surface area contributed by atoms with Crippen molar-refractivity contribution in [2.45, 2.75) is 25.3 Å². The normalized spacial score (nSPS) is 11.2. The number of aromatic nitrogens is 2. The second-order valence-electron chi connectivity index (χ2n) is 6.69. The Morgan fingerprint density at radius 2 is 1.83 bits per heavy atom. The second kappa shape index (κ2) is 9.23. The summed E-state index contributed by atoms with van der Waals surface area (Å²) in [6.07, 6.45) is 2.95. The van der Waals surface area contributed by atoms with Gasteiger partial charge in [-0.3, -0.25) is 9.10 Å². The van der Waals surface area contributed by atoms with Crippen molar-refractivity contribution in [1.82, 2.24) is 15.3 Å². The summed E-state index contributed by atoms with van der Waals surface area (Å²) >= 11 is 6.22. The maximum absolute atomic E-state index is 13.4. The summed E-state index contributed by atoms with van der Waals surface area (Å²) in [6, 6.07) is 13.1. The number of carbonyl (C=O) groups excluding carboxylic acids is 1. The van der Waals surface area contributed by atoms with Gasteiger partial charge >= 0.3 is 0 Å². The van der Waals surface area contributed by atoms with Crippen LogP contribution in [0.5, 0.6) is 0 Å². The summed E-state index contributed by atoms with van der Waals surface area (Å²) in [7, 11) is -4.00. The molecule has 7 nitrogen and oxygen atoms in total. The van der Waals surface area contributed by atoms with Crippen molar-refractivity contribution in [3.8, 4) is 0 Å². The lowest BCUT2D eigenvalue weighted by atomic mass is 10.2. The van der Waals surface area contributed by atoms with Crippen molar-refractivity contribution in [1.29, 1.82) is 0 Å². The monoisotopic (exact) mass is 444 g/mol. The molecule has 156 valence electrons. The predicted molar refractivity (Wildman–Crippen MR) is 116 cm³/mol. The first-order valence-electron chi connectivity index (χ1n) is 9.15. The number of aryl methyl sites for hydroxylation is 1. The number of halogens is 1. The van der Waals surface area contributed by atoms with Crippen LogP contribution in [-0.2, 0) is 21.4 Å².